The van der Waals surface area contributed by atoms with E-state index in [1.165, 1.54) is 5.39 Å². The van der Waals surface area contributed by atoms with Gasteiger partial charge in [-0.15, -0.1) is 0 Å². The maximum absolute atomic E-state index is 4.39. The third-order valence-electron chi connectivity index (χ3n) is 3.01. The van der Waals surface area contributed by atoms with E-state index < -0.39 is 0 Å². The minimum absolute atomic E-state index is 0.671. The van der Waals surface area contributed by atoms with Gasteiger partial charge < -0.3 is 9.88 Å². The molecule has 0 fully saturated rings. The van der Waals surface area contributed by atoms with Crippen LogP contribution in [0.4, 0.5) is 5.82 Å². The lowest BCUT2D eigenvalue weighted by molar-refractivity contribution is 0.811. The molecule has 2 heterocycles. The number of hydrogen-bond acceptors (Lipinski definition) is 3. The molecule has 3 aromatic rings. The van der Waals surface area contributed by atoms with E-state index in [1.54, 1.807) is 6.20 Å². The van der Waals surface area contributed by atoms with Gasteiger partial charge in [-0.05, 0) is 11.5 Å². The Hall–Kier alpha value is -2.36. The Morgan fingerprint density at radius 2 is 2.00 bits per heavy atom. The second-order valence-electron chi connectivity index (χ2n) is 4.19. The normalized spacial score (nSPS) is 10.7. The van der Waals surface area contributed by atoms with Crippen LogP contribution in [0.25, 0.3) is 10.8 Å². The number of pyridine rings is 1. The minimum Gasteiger partial charge on any atom is -0.362 e. The molecule has 4 nitrogen and oxygen atoms in total. The zero-order valence-corrected chi connectivity index (χ0v) is 10.2. The lowest BCUT2D eigenvalue weighted by atomic mass is 10.1. The SMILES string of the molecule is Cn1ccnc1CNc1nccc2ccccc12. The van der Waals surface area contributed by atoms with Crippen LogP contribution in [0.2, 0.25) is 0 Å². The summed E-state index contributed by atoms with van der Waals surface area (Å²) >= 11 is 0. The fourth-order valence-electron chi connectivity index (χ4n) is 1.99. The Bertz CT molecular complexity index is 667. The highest BCUT2D eigenvalue weighted by Gasteiger charge is 2.03. The van der Waals surface area contributed by atoms with Gasteiger partial charge in [-0.25, -0.2) is 9.97 Å². The number of imidazole rings is 1. The largest absolute Gasteiger partial charge is 0.362 e. The quantitative estimate of drug-likeness (QED) is 0.762. The van der Waals surface area contributed by atoms with Crippen LogP contribution in [-0.2, 0) is 13.6 Å². The second-order valence-corrected chi connectivity index (χ2v) is 4.19. The first-order valence-electron chi connectivity index (χ1n) is 5.88. The number of rotatable bonds is 3. The van der Waals surface area contributed by atoms with Crippen LogP contribution in [0.3, 0.4) is 0 Å². The molecule has 0 saturated heterocycles. The molecule has 18 heavy (non-hydrogen) atoms. The summed E-state index contributed by atoms with van der Waals surface area (Å²) in [6, 6.07) is 10.2. The van der Waals surface area contributed by atoms with Gasteiger partial charge in [0, 0.05) is 31.0 Å². The molecule has 2 aromatic heterocycles. The first kappa shape index (κ1) is 10.8. The molecule has 0 aliphatic carbocycles. The lowest BCUT2D eigenvalue weighted by Gasteiger charge is -2.08. The third kappa shape index (κ3) is 1.93. The highest BCUT2D eigenvalue weighted by Crippen LogP contribution is 2.20. The molecule has 1 aromatic carbocycles. The van der Waals surface area contributed by atoms with Gasteiger partial charge in [0.2, 0.25) is 0 Å². The summed E-state index contributed by atoms with van der Waals surface area (Å²) in [5, 5.41) is 5.66. The molecule has 0 aliphatic heterocycles. The molecule has 0 aliphatic rings. The molecule has 0 amide bonds. The van der Waals surface area contributed by atoms with Crippen molar-refractivity contribution in [3.8, 4) is 0 Å². The summed E-state index contributed by atoms with van der Waals surface area (Å²) < 4.78 is 2.00. The zero-order valence-electron chi connectivity index (χ0n) is 10.2. The van der Waals surface area contributed by atoms with Gasteiger partial charge in [-0.2, -0.15) is 0 Å². The van der Waals surface area contributed by atoms with Gasteiger partial charge in [-0.3, -0.25) is 0 Å². The van der Waals surface area contributed by atoms with E-state index in [9.17, 15) is 0 Å². The number of fused-ring (bicyclic) bond motifs is 1. The number of anilines is 1. The van der Waals surface area contributed by atoms with Crippen LogP contribution in [0.5, 0.6) is 0 Å². The summed E-state index contributed by atoms with van der Waals surface area (Å²) in [5.74, 6) is 1.89. The molecule has 4 heteroatoms. The maximum atomic E-state index is 4.39. The van der Waals surface area contributed by atoms with Gasteiger partial charge in [-0.1, -0.05) is 24.3 Å². The van der Waals surface area contributed by atoms with E-state index in [2.05, 4.69) is 27.4 Å². The average Bonchev–Trinajstić information content (AvgIpc) is 2.82. The fourth-order valence-corrected chi connectivity index (χ4v) is 1.99. The van der Waals surface area contributed by atoms with E-state index in [-0.39, 0.29) is 0 Å². The zero-order chi connectivity index (χ0) is 12.4. The average molecular weight is 238 g/mol. The number of benzene rings is 1. The Kier molecular flexibility index (Phi) is 2.68. The molecule has 3 rings (SSSR count). The first-order chi connectivity index (χ1) is 8.84. The van der Waals surface area contributed by atoms with Crippen molar-refractivity contribution in [1.29, 1.82) is 0 Å². The van der Waals surface area contributed by atoms with E-state index in [4.69, 9.17) is 0 Å². The summed E-state index contributed by atoms with van der Waals surface area (Å²) in [5.41, 5.74) is 0. The minimum atomic E-state index is 0.671. The molecule has 1 N–H and O–H groups in total. The first-order valence-corrected chi connectivity index (χ1v) is 5.88. The van der Waals surface area contributed by atoms with Crippen molar-refractivity contribution in [1.82, 2.24) is 14.5 Å². The number of aryl methyl sites for hydroxylation is 1. The third-order valence-corrected chi connectivity index (χ3v) is 3.01. The smallest absolute Gasteiger partial charge is 0.134 e. The monoisotopic (exact) mass is 238 g/mol. The summed E-state index contributed by atoms with van der Waals surface area (Å²) in [4.78, 5) is 8.67. The summed E-state index contributed by atoms with van der Waals surface area (Å²) in [6.45, 7) is 0.671. The second kappa shape index (κ2) is 4.49. The highest BCUT2D eigenvalue weighted by atomic mass is 15.1. The van der Waals surface area contributed by atoms with E-state index >= 15 is 0 Å². The number of nitrogens with zero attached hydrogens (tertiary/aromatic N) is 3. The Labute approximate surface area is 105 Å². The summed E-state index contributed by atoms with van der Waals surface area (Å²) in [7, 11) is 1.99. The molecule has 0 bridgehead atoms. The number of hydrogen-bond donors (Lipinski definition) is 1. The van der Waals surface area contributed by atoms with E-state index in [0.717, 1.165) is 17.0 Å². The van der Waals surface area contributed by atoms with Crippen molar-refractivity contribution in [2.75, 3.05) is 5.32 Å². The predicted molar refractivity (Wildman–Crippen MR) is 72.3 cm³/mol. The number of nitrogens with one attached hydrogen (secondary N) is 1. The fraction of sp³-hybridized carbons (Fsp3) is 0.143. The van der Waals surface area contributed by atoms with Crippen LogP contribution in [0.1, 0.15) is 5.82 Å². The van der Waals surface area contributed by atoms with Crippen LogP contribution in [0, 0.1) is 0 Å². The van der Waals surface area contributed by atoms with Gasteiger partial charge >= 0.3 is 0 Å². The van der Waals surface area contributed by atoms with Crippen LogP contribution < -0.4 is 5.32 Å². The van der Waals surface area contributed by atoms with Crippen molar-refractivity contribution in [3.63, 3.8) is 0 Å². The maximum Gasteiger partial charge on any atom is 0.134 e. The van der Waals surface area contributed by atoms with Crippen LogP contribution >= 0.6 is 0 Å². The van der Waals surface area contributed by atoms with Crippen molar-refractivity contribution in [2.24, 2.45) is 7.05 Å². The summed E-state index contributed by atoms with van der Waals surface area (Å²) in [6.07, 6.45) is 5.56. The van der Waals surface area contributed by atoms with E-state index in [0.29, 0.717) is 6.54 Å². The molecule has 0 unspecified atom stereocenters. The molecular formula is C14H14N4. The van der Waals surface area contributed by atoms with Crippen molar-refractivity contribution in [3.05, 3.63) is 54.7 Å². The van der Waals surface area contributed by atoms with E-state index in [1.807, 2.05) is 42.2 Å². The predicted octanol–water partition coefficient (Wildman–Crippen LogP) is 2.58. The lowest BCUT2D eigenvalue weighted by Crippen LogP contribution is -2.06. The van der Waals surface area contributed by atoms with Crippen molar-refractivity contribution >= 4 is 16.6 Å². The molecule has 90 valence electrons. The van der Waals surface area contributed by atoms with Gasteiger partial charge in [0.25, 0.3) is 0 Å². The molecule has 0 radical (unpaired) electrons. The number of aromatic nitrogens is 3. The van der Waals surface area contributed by atoms with Gasteiger partial charge in [0.1, 0.15) is 11.6 Å². The van der Waals surface area contributed by atoms with Crippen LogP contribution in [-0.4, -0.2) is 14.5 Å². The molecule has 0 saturated carbocycles. The van der Waals surface area contributed by atoms with Crippen molar-refractivity contribution in [2.45, 2.75) is 6.54 Å². The highest BCUT2D eigenvalue weighted by molar-refractivity contribution is 5.91. The standard InChI is InChI=1S/C14H14N4/c1-18-9-8-15-13(18)10-17-14-12-5-3-2-4-11(12)6-7-16-14/h2-9H,10H2,1H3,(H,16,17). The Morgan fingerprint density at radius 3 is 2.83 bits per heavy atom. The van der Waals surface area contributed by atoms with Crippen LogP contribution in [0.15, 0.2) is 48.9 Å². The Morgan fingerprint density at radius 1 is 1.11 bits per heavy atom. The van der Waals surface area contributed by atoms with Gasteiger partial charge in [0.05, 0.1) is 6.54 Å². The topological polar surface area (TPSA) is 42.7 Å². The van der Waals surface area contributed by atoms with Gasteiger partial charge in [0.15, 0.2) is 0 Å². The Balaban J connectivity index is 1.89. The molecule has 0 atom stereocenters. The van der Waals surface area contributed by atoms with Crippen molar-refractivity contribution < 1.29 is 0 Å². The molecular weight excluding hydrogens is 224 g/mol. The molecule has 0 spiro atoms.